The van der Waals surface area contributed by atoms with E-state index in [0.717, 1.165) is 28.4 Å². The molecule has 12 rings (SSSR count). The first kappa shape index (κ1) is 31.7. The molecule has 3 heterocycles. The average molecular weight is 727 g/mol. The van der Waals surface area contributed by atoms with E-state index in [1.54, 1.807) is 0 Å². The molecule has 0 N–H and O–H groups in total. The predicted octanol–water partition coefficient (Wildman–Crippen LogP) is 14.7. The van der Waals surface area contributed by atoms with Crippen molar-refractivity contribution in [1.82, 2.24) is 9.13 Å². The van der Waals surface area contributed by atoms with Gasteiger partial charge in [-0.25, -0.2) is 0 Å². The van der Waals surface area contributed by atoms with E-state index < -0.39 is 0 Å². The maximum atomic E-state index is 6.47. The summed E-state index contributed by atoms with van der Waals surface area (Å²) in [5.41, 5.74) is 16.5. The number of hydrogen-bond donors (Lipinski definition) is 0. The van der Waals surface area contributed by atoms with Gasteiger partial charge in [0.1, 0.15) is 0 Å². The van der Waals surface area contributed by atoms with Crippen LogP contribution in [0.3, 0.4) is 0 Å². The number of benzene rings is 9. The van der Waals surface area contributed by atoms with Crippen LogP contribution in [0.1, 0.15) is 0 Å². The number of rotatable bonds is 5. The Bertz CT molecular complexity index is 3260. The number of ether oxygens (including phenoxy) is 1. The molecule has 0 saturated heterocycles. The second-order valence-corrected chi connectivity index (χ2v) is 14.9. The summed E-state index contributed by atoms with van der Waals surface area (Å²) in [6.07, 6.45) is 0. The highest BCUT2D eigenvalue weighted by molar-refractivity contribution is 6.18. The fourth-order valence-corrected chi connectivity index (χ4v) is 9.08. The zero-order chi connectivity index (χ0) is 37.5. The van der Waals surface area contributed by atoms with E-state index in [1.807, 2.05) is 12.1 Å². The molecule has 0 unspecified atom stereocenters. The monoisotopic (exact) mass is 726 g/mol. The van der Waals surface area contributed by atoms with Gasteiger partial charge in [0.05, 0.1) is 27.8 Å². The van der Waals surface area contributed by atoms with E-state index in [0.29, 0.717) is 0 Å². The first-order chi connectivity index (χ1) is 28.3. The standard InChI is InChI=1S/C54H34N2O/c1-3-12-35(13-4-1)40-26-29-48-45(33-40)46-34-41(36-14-5-2-6-15-36)27-30-49(46)55(48)42-17-11-16-39(32-42)37-22-24-38(25-23-37)43-28-31-52-54-53(43)44-18-7-8-19-47(44)56(54)50-20-9-10-21-51(50)57-52/h1-34H. The molecule has 0 amide bonds. The van der Waals surface area contributed by atoms with Gasteiger partial charge in [-0.3, -0.25) is 0 Å². The zero-order valence-corrected chi connectivity index (χ0v) is 30.9. The van der Waals surface area contributed by atoms with Gasteiger partial charge in [-0.05, 0) is 111 Å². The molecule has 3 nitrogen and oxygen atoms in total. The topological polar surface area (TPSA) is 19.1 Å². The minimum Gasteiger partial charge on any atom is -0.453 e. The highest BCUT2D eigenvalue weighted by Gasteiger charge is 2.25. The molecule has 3 heteroatoms. The van der Waals surface area contributed by atoms with Crippen molar-refractivity contribution in [3.05, 3.63) is 206 Å². The molecule has 0 spiro atoms. The quantitative estimate of drug-likeness (QED) is 0.173. The highest BCUT2D eigenvalue weighted by Crippen LogP contribution is 2.48. The molecule has 0 fully saturated rings. The molecule has 266 valence electrons. The van der Waals surface area contributed by atoms with Gasteiger partial charge in [-0.15, -0.1) is 0 Å². The van der Waals surface area contributed by atoms with E-state index in [-0.39, 0.29) is 0 Å². The Morgan fingerprint density at radius 3 is 1.58 bits per heavy atom. The minimum absolute atomic E-state index is 0.877. The van der Waals surface area contributed by atoms with E-state index in [2.05, 4.69) is 203 Å². The van der Waals surface area contributed by atoms with E-state index in [4.69, 9.17) is 4.74 Å². The molecule has 0 bridgehead atoms. The van der Waals surface area contributed by atoms with Crippen LogP contribution in [0.15, 0.2) is 206 Å². The van der Waals surface area contributed by atoms with Gasteiger partial charge in [0.15, 0.2) is 11.5 Å². The molecule has 1 aliphatic rings. The summed E-state index contributed by atoms with van der Waals surface area (Å²) in [4.78, 5) is 0. The molecular weight excluding hydrogens is 693 g/mol. The van der Waals surface area contributed by atoms with E-state index in [1.165, 1.54) is 82.6 Å². The smallest absolute Gasteiger partial charge is 0.152 e. The summed E-state index contributed by atoms with van der Waals surface area (Å²) < 4.78 is 11.3. The minimum atomic E-state index is 0.877. The lowest BCUT2D eigenvalue weighted by Gasteiger charge is -2.21. The van der Waals surface area contributed by atoms with Crippen LogP contribution >= 0.6 is 0 Å². The Hall–Kier alpha value is -7.62. The fourth-order valence-electron chi connectivity index (χ4n) is 9.08. The van der Waals surface area contributed by atoms with Gasteiger partial charge >= 0.3 is 0 Å². The summed E-state index contributed by atoms with van der Waals surface area (Å²) in [5.74, 6) is 1.76. The van der Waals surface area contributed by atoms with Crippen LogP contribution in [-0.4, -0.2) is 9.13 Å². The number of nitrogens with zero attached hydrogens (tertiary/aromatic N) is 2. The van der Waals surface area contributed by atoms with E-state index >= 15 is 0 Å². The summed E-state index contributed by atoms with van der Waals surface area (Å²) in [6.45, 7) is 0. The van der Waals surface area contributed by atoms with Gasteiger partial charge in [0.2, 0.25) is 0 Å². The first-order valence-electron chi connectivity index (χ1n) is 19.5. The zero-order valence-electron chi connectivity index (χ0n) is 30.9. The fraction of sp³-hybridized carbons (Fsp3) is 0. The molecule has 9 aromatic carbocycles. The molecule has 0 aliphatic carbocycles. The Morgan fingerprint density at radius 1 is 0.316 bits per heavy atom. The Labute approximate surface area is 329 Å². The maximum absolute atomic E-state index is 6.47. The third-order valence-electron chi connectivity index (χ3n) is 11.7. The third-order valence-corrected chi connectivity index (χ3v) is 11.7. The van der Waals surface area contributed by atoms with Gasteiger partial charge in [0, 0.05) is 27.2 Å². The number of hydrogen-bond acceptors (Lipinski definition) is 1. The lowest BCUT2D eigenvalue weighted by molar-refractivity contribution is 0.476. The van der Waals surface area contributed by atoms with Crippen LogP contribution in [-0.2, 0) is 0 Å². The second-order valence-electron chi connectivity index (χ2n) is 14.9. The largest absolute Gasteiger partial charge is 0.453 e. The van der Waals surface area contributed by atoms with Crippen molar-refractivity contribution in [3.8, 4) is 67.4 Å². The third kappa shape index (κ3) is 4.92. The summed E-state index contributed by atoms with van der Waals surface area (Å²) >= 11 is 0. The van der Waals surface area contributed by atoms with Crippen molar-refractivity contribution in [1.29, 1.82) is 0 Å². The predicted molar refractivity (Wildman–Crippen MR) is 237 cm³/mol. The van der Waals surface area contributed by atoms with Crippen LogP contribution in [0.5, 0.6) is 11.5 Å². The van der Waals surface area contributed by atoms with Crippen LogP contribution in [0.4, 0.5) is 0 Å². The summed E-state index contributed by atoms with van der Waals surface area (Å²) in [5, 5.41) is 4.92. The summed E-state index contributed by atoms with van der Waals surface area (Å²) in [7, 11) is 0. The lowest BCUT2D eigenvalue weighted by atomic mass is 9.96. The van der Waals surface area contributed by atoms with Crippen LogP contribution < -0.4 is 4.74 Å². The first-order valence-corrected chi connectivity index (χ1v) is 19.5. The molecule has 2 aromatic heterocycles. The van der Waals surface area contributed by atoms with Crippen molar-refractivity contribution in [2.24, 2.45) is 0 Å². The Morgan fingerprint density at radius 2 is 0.860 bits per heavy atom. The molecule has 57 heavy (non-hydrogen) atoms. The number of fused-ring (bicyclic) bond motifs is 8. The van der Waals surface area contributed by atoms with E-state index in [9.17, 15) is 0 Å². The highest BCUT2D eigenvalue weighted by atomic mass is 16.5. The van der Waals surface area contributed by atoms with Crippen molar-refractivity contribution in [2.75, 3.05) is 0 Å². The SMILES string of the molecule is c1ccc(-c2ccc3c(c2)c2cc(-c4ccccc4)ccc2n3-c2cccc(-c3ccc(-c4ccc5c6c4c4ccccc4n6-c4ccccc4O5)cc3)c2)cc1. The molecule has 11 aromatic rings. The van der Waals surface area contributed by atoms with Crippen LogP contribution in [0.2, 0.25) is 0 Å². The maximum Gasteiger partial charge on any atom is 0.152 e. The van der Waals surface area contributed by atoms with Gasteiger partial charge in [-0.1, -0.05) is 140 Å². The molecule has 0 radical (unpaired) electrons. The Kier molecular flexibility index (Phi) is 6.93. The van der Waals surface area contributed by atoms with Gasteiger partial charge < -0.3 is 13.9 Å². The normalized spacial score (nSPS) is 12.0. The van der Waals surface area contributed by atoms with Crippen molar-refractivity contribution in [3.63, 3.8) is 0 Å². The van der Waals surface area contributed by atoms with Crippen molar-refractivity contribution in [2.45, 2.75) is 0 Å². The second kappa shape index (κ2) is 12.5. The number of aromatic nitrogens is 2. The van der Waals surface area contributed by atoms with Crippen molar-refractivity contribution < 1.29 is 4.74 Å². The van der Waals surface area contributed by atoms with Crippen LogP contribution in [0.25, 0.3) is 99.5 Å². The molecule has 0 saturated carbocycles. The van der Waals surface area contributed by atoms with Gasteiger partial charge in [-0.2, -0.15) is 0 Å². The summed E-state index contributed by atoms with van der Waals surface area (Å²) in [6, 6.07) is 74.4. The molecule has 1 aliphatic heterocycles. The van der Waals surface area contributed by atoms with Crippen LogP contribution in [0, 0.1) is 0 Å². The molecule has 0 atom stereocenters. The van der Waals surface area contributed by atoms with Gasteiger partial charge in [0.25, 0.3) is 0 Å². The molecular formula is C54H34N2O. The average Bonchev–Trinajstić information content (AvgIpc) is 3.81. The van der Waals surface area contributed by atoms with Crippen molar-refractivity contribution >= 4 is 43.6 Å². The lowest BCUT2D eigenvalue weighted by Crippen LogP contribution is -2.03. The Balaban J connectivity index is 0.975. The number of para-hydroxylation sites is 3.